The molecule has 0 spiro atoms. The number of carbonyl (C=O) groups excluding carboxylic acids is 2. The van der Waals surface area contributed by atoms with Gasteiger partial charge in [-0.15, -0.1) is 11.3 Å². The molecule has 1 aromatic heterocycles. The zero-order valence-electron chi connectivity index (χ0n) is 15.4. The van der Waals surface area contributed by atoms with E-state index < -0.39 is 0 Å². The minimum atomic E-state index is -0.351. The van der Waals surface area contributed by atoms with Crippen molar-refractivity contribution in [3.8, 4) is 0 Å². The molecule has 0 unspecified atom stereocenters. The highest BCUT2D eigenvalue weighted by Gasteiger charge is 2.23. The van der Waals surface area contributed by atoms with E-state index in [1.165, 1.54) is 29.1 Å². The molecule has 3 rings (SSSR count). The molecule has 144 valence electrons. The van der Waals surface area contributed by atoms with Crippen molar-refractivity contribution < 1.29 is 14.0 Å². The highest BCUT2D eigenvalue weighted by molar-refractivity contribution is 7.11. The number of halogens is 1. The summed E-state index contributed by atoms with van der Waals surface area (Å²) in [5.41, 5.74) is 0.491. The lowest BCUT2D eigenvalue weighted by molar-refractivity contribution is -0.122. The molecule has 2 heterocycles. The van der Waals surface area contributed by atoms with Crippen molar-refractivity contribution in [1.82, 2.24) is 15.1 Å². The summed E-state index contributed by atoms with van der Waals surface area (Å²) in [6.07, 6.45) is 1.01. The van der Waals surface area contributed by atoms with E-state index in [-0.39, 0.29) is 17.6 Å². The van der Waals surface area contributed by atoms with Crippen molar-refractivity contribution in [2.24, 2.45) is 0 Å². The van der Waals surface area contributed by atoms with Crippen LogP contribution in [0.2, 0.25) is 0 Å². The number of piperazine rings is 1. The molecule has 0 atom stereocenters. The molecule has 0 saturated carbocycles. The van der Waals surface area contributed by atoms with Crippen molar-refractivity contribution in [3.05, 3.63) is 57.5 Å². The van der Waals surface area contributed by atoms with Crippen molar-refractivity contribution in [1.29, 1.82) is 0 Å². The van der Waals surface area contributed by atoms with Crippen LogP contribution in [-0.2, 0) is 17.8 Å². The van der Waals surface area contributed by atoms with Crippen molar-refractivity contribution in [2.45, 2.75) is 19.9 Å². The molecular formula is C20H24FN3O2S. The quantitative estimate of drug-likeness (QED) is 0.826. The van der Waals surface area contributed by atoms with E-state index in [0.29, 0.717) is 44.8 Å². The molecule has 1 N–H and O–H groups in total. The van der Waals surface area contributed by atoms with Crippen LogP contribution in [0.25, 0.3) is 0 Å². The van der Waals surface area contributed by atoms with Crippen molar-refractivity contribution in [2.75, 3.05) is 32.7 Å². The van der Waals surface area contributed by atoms with E-state index in [1.807, 2.05) is 0 Å². The van der Waals surface area contributed by atoms with Crippen LogP contribution in [0.15, 0.2) is 36.4 Å². The summed E-state index contributed by atoms with van der Waals surface area (Å²) in [6.45, 7) is 5.45. The average molecular weight is 389 g/mol. The fourth-order valence-electron chi connectivity index (χ4n) is 3.04. The minimum Gasteiger partial charge on any atom is -0.350 e. The Hall–Kier alpha value is -2.25. The number of rotatable bonds is 6. The molecule has 1 fully saturated rings. The van der Waals surface area contributed by atoms with Crippen molar-refractivity contribution >= 4 is 23.2 Å². The number of thiophene rings is 1. The minimum absolute atomic E-state index is 0.000223. The van der Waals surface area contributed by atoms with Gasteiger partial charge in [0.15, 0.2) is 0 Å². The van der Waals surface area contributed by atoms with Gasteiger partial charge in [-0.05, 0) is 42.8 Å². The Morgan fingerprint density at radius 2 is 1.70 bits per heavy atom. The van der Waals surface area contributed by atoms with Crippen LogP contribution >= 0.6 is 11.3 Å². The van der Waals surface area contributed by atoms with E-state index in [2.05, 4.69) is 29.3 Å². The van der Waals surface area contributed by atoms with Gasteiger partial charge in [-0.3, -0.25) is 14.5 Å². The molecule has 1 aromatic carbocycles. The van der Waals surface area contributed by atoms with Gasteiger partial charge in [0.2, 0.25) is 5.91 Å². The molecular weight excluding hydrogens is 365 g/mol. The average Bonchev–Trinajstić information content (AvgIpc) is 3.15. The SMILES string of the molecule is CCc1ccc(CNC(=O)CN2CCN(C(=O)c3ccc(F)cc3)CC2)s1. The van der Waals surface area contributed by atoms with E-state index in [9.17, 15) is 14.0 Å². The molecule has 0 radical (unpaired) electrons. The Morgan fingerprint density at radius 3 is 2.33 bits per heavy atom. The Balaban J connectivity index is 1.41. The Bertz CT molecular complexity index is 783. The van der Waals surface area contributed by atoms with Gasteiger partial charge in [-0.2, -0.15) is 0 Å². The number of aryl methyl sites for hydroxylation is 1. The summed E-state index contributed by atoms with van der Waals surface area (Å²) in [7, 11) is 0. The van der Waals surface area contributed by atoms with Crippen LogP contribution in [-0.4, -0.2) is 54.3 Å². The van der Waals surface area contributed by atoms with Gasteiger partial charge in [0.05, 0.1) is 13.1 Å². The smallest absolute Gasteiger partial charge is 0.253 e. The van der Waals surface area contributed by atoms with Gasteiger partial charge in [-0.25, -0.2) is 4.39 Å². The monoisotopic (exact) mass is 389 g/mol. The first-order chi connectivity index (χ1) is 13.0. The van der Waals surface area contributed by atoms with Gasteiger partial charge in [0.1, 0.15) is 5.82 Å². The third-order valence-electron chi connectivity index (χ3n) is 4.64. The third kappa shape index (κ3) is 5.37. The predicted molar refractivity (Wildman–Crippen MR) is 104 cm³/mol. The lowest BCUT2D eigenvalue weighted by Crippen LogP contribution is -2.51. The maximum atomic E-state index is 13.0. The standard InChI is InChI=1S/C20H24FN3O2S/c1-2-17-7-8-18(27-17)13-22-19(25)14-23-9-11-24(12-10-23)20(26)15-3-5-16(21)6-4-15/h3-8H,2,9-14H2,1H3,(H,22,25). The molecule has 7 heteroatoms. The normalized spacial score (nSPS) is 15.0. The van der Waals surface area contributed by atoms with Crippen LogP contribution in [0.4, 0.5) is 4.39 Å². The summed E-state index contributed by atoms with van der Waals surface area (Å²) >= 11 is 1.73. The summed E-state index contributed by atoms with van der Waals surface area (Å²) in [5.74, 6) is -0.445. The van der Waals surface area contributed by atoms with Gasteiger partial charge < -0.3 is 10.2 Å². The number of nitrogens with one attached hydrogen (secondary N) is 1. The zero-order chi connectivity index (χ0) is 19.2. The van der Waals surface area contributed by atoms with Gasteiger partial charge in [0.25, 0.3) is 5.91 Å². The first-order valence-corrected chi connectivity index (χ1v) is 9.98. The Morgan fingerprint density at radius 1 is 1.04 bits per heavy atom. The lowest BCUT2D eigenvalue weighted by atomic mass is 10.2. The van der Waals surface area contributed by atoms with E-state index in [1.54, 1.807) is 16.2 Å². The summed E-state index contributed by atoms with van der Waals surface area (Å²) in [4.78, 5) is 30.9. The third-order valence-corrected chi connectivity index (χ3v) is 5.87. The predicted octanol–water partition coefficient (Wildman–Crippen LogP) is 2.52. The highest BCUT2D eigenvalue weighted by atomic mass is 32.1. The fraction of sp³-hybridized carbons (Fsp3) is 0.400. The van der Waals surface area contributed by atoms with E-state index >= 15 is 0 Å². The molecule has 1 aliphatic heterocycles. The number of carbonyl (C=O) groups is 2. The van der Waals surface area contributed by atoms with Crippen LogP contribution in [0.5, 0.6) is 0 Å². The first-order valence-electron chi connectivity index (χ1n) is 9.16. The molecule has 1 saturated heterocycles. The highest BCUT2D eigenvalue weighted by Crippen LogP contribution is 2.16. The number of amides is 2. The summed E-state index contributed by atoms with van der Waals surface area (Å²) < 4.78 is 13.0. The maximum absolute atomic E-state index is 13.0. The van der Waals surface area contributed by atoms with Crippen molar-refractivity contribution in [3.63, 3.8) is 0 Å². The topological polar surface area (TPSA) is 52.7 Å². The molecule has 0 aliphatic carbocycles. The second-order valence-corrected chi connectivity index (χ2v) is 7.83. The molecule has 1 aliphatic rings. The van der Waals surface area contributed by atoms with Crippen LogP contribution in [0.3, 0.4) is 0 Å². The van der Waals surface area contributed by atoms with Gasteiger partial charge in [0, 0.05) is 41.5 Å². The maximum Gasteiger partial charge on any atom is 0.253 e. The van der Waals surface area contributed by atoms with Crippen LogP contribution in [0.1, 0.15) is 27.0 Å². The number of benzene rings is 1. The molecule has 5 nitrogen and oxygen atoms in total. The first kappa shape index (κ1) is 19.5. The van der Waals surface area contributed by atoms with Gasteiger partial charge in [-0.1, -0.05) is 6.92 Å². The lowest BCUT2D eigenvalue weighted by Gasteiger charge is -2.34. The number of hydrogen-bond donors (Lipinski definition) is 1. The summed E-state index contributed by atoms with van der Waals surface area (Å²) in [5, 5.41) is 2.96. The summed E-state index contributed by atoms with van der Waals surface area (Å²) in [6, 6.07) is 9.76. The largest absolute Gasteiger partial charge is 0.350 e. The molecule has 2 amide bonds. The Kier molecular flexibility index (Phi) is 6.58. The molecule has 0 bridgehead atoms. The zero-order valence-corrected chi connectivity index (χ0v) is 16.2. The number of hydrogen-bond acceptors (Lipinski definition) is 4. The fourth-order valence-corrected chi connectivity index (χ4v) is 3.93. The van der Waals surface area contributed by atoms with E-state index in [4.69, 9.17) is 0 Å². The van der Waals surface area contributed by atoms with Crippen LogP contribution < -0.4 is 5.32 Å². The molecule has 27 heavy (non-hydrogen) atoms. The van der Waals surface area contributed by atoms with E-state index in [0.717, 1.165) is 11.3 Å². The second kappa shape index (κ2) is 9.10. The Labute approximate surface area is 162 Å². The van der Waals surface area contributed by atoms with Crippen LogP contribution in [0, 0.1) is 5.82 Å². The molecule has 2 aromatic rings. The number of nitrogens with zero attached hydrogens (tertiary/aromatic N) is 2. The second-order valence-electron chi connectivity index (χ2n) is 6.57. The van der Waals surface area contributed by atoms with Gasteiger partial charge >= 0.3 is 0 Å².